The molecule has 0 spiro atoms. The fourth-order valence-electron chi connectivity index (χ4n) is 3.34. The fraction of sp³-hybridized carbons (Fsp3) is 0.150. The topological polar surface area (TPSA) is 20.2 Å². The molecule has 5 heteroatoms. The minimum atomic E-state index is -0.242. The molecule has 1 aliphatic heterocycles. The molecule has 0 amide bonds. The largest absolute Gasteiger partial charge is 0.348 e. The molecule has 0 radical (unpaired) electrons. The molecule has 2 heterocycles. The first-order valence-corrected chi connectivity index (χ1v) is 8.67. The highest BCUT2D eigenvalue weighted by Gasteiger charge is 2.32. The fourth-order valence-corrected chi connectivity index (χ4v) is 3.66. The van der Waals surface area contributed by atoms with Crippen molar-refractivity contribution >= 4 is 23.0 Å². The van der Waals surface area contributed by atoms with Crippen LogP contribution in [0.4, 0.5) is 10.1 Å². The van der Waals surface area contributed by atoms with Crippen LogP contribution in [0.2, 0.25) is 0 Å². The summed E-state index contributed by atoms with van der Waals surface area (Å²) < 4.78 is 16.7. The predicted molar refractivity (Wildman–Crippen MR) is 102 cm³/mol. The van der Waals surface area contributed by atoms with E-state index in [-0.39, 0.29) is 11.9 Å². The van der Waals surface area contributed by atoms with Gasteiger partial charge in [-0.05, 0) is 42.5 Å². The van der Waals surface area contributed by atoms with E-state index in [2.05, 4.69) is 14.8 Å². The summed E-state index contributed by atoms with van der Waals surface area (Å²) in [6.45, 7) is 1.54. The van der Waals surface area contributed by atoms with E-state index in [4.69, 9.17) is 12.2 Å². The number of para-hydroxylation sites is 1. The highest BCUT2D eigenvalue weighted by Crippen LogP contribution is 2.34. The molecule has 3 nitrogen and oxygen atoms in total. The maximum Gasteiger partial charge on any atom is 0.174 e. The molecule has 0 fully saturated rings. The van der Waals surface area contributed by atoms with E-state index in [1.807, 2.05) is 60.8 Å². The summed E-state index contributed by atoms with van der Waals surface area (Å²) in [6.07, 6.45) is 2.04. The molecule has 1 atom stereocenters. The van der Waals surface area contributed by atoms with Crippen LogP contribution in [0.5, 0.6) is 0 Å². The number of nitrogens with zero attached hydrogens (tertiary/aromatic N) is 2. The van der Waals surface area contributed by atoms with E-state index < -0.39 is 0 Å². The number of aromatic nitrogens is 1. The summed E-state index contributed by atoms with van der Waals surface area (Å²) in [5.74, 6) is -0.213. The lowest BCUT2D eigenvalue weighted by Gasteiger charge is -2.39. The molecule has 0 unspecified atom stereocenters. The molecule has 0 aliphatic carbocycles. The molecule has 0 saturated carbocycles. The number of rotatable bonds is 2. The molecule has 0 saturated heterocycles. The van der Waals surface area contributed by atoms with Crippen LogP contribution in [0, 0.1) is 5.82 Å². The number of benzene rings is 2. The Morgan fingerprint density at radius 3 is 2.52 bits per heavy atom. The first-order chi connectivity index (χ1) is 12.2. The molecular formula is C20H18FN3S. The van der Waals surface area contributed by atoms with Gasteiger partial charge in [-0.3, -0.25) is 0 Å². The summed E-state index contributed by atoms with van der Waals surface area (Å²) in [7, 11) is 0. The summed E-state index contributed by atoms with van der Waals surface area (Å²) >= 11 is 5.66. The quantitative estimate of drug-likeness (QED) is 0.690. The van der Waals surface area contributed by atoms with Crippen LogP contribution < -0.4 is 5.32 Å². The Bertz CT molecular complexity index is 891. The predicted octanol–water partition coefficient (Wildman–Crippen LogP) is 4.43. The van der Waals surface area contributed by atoms with Gasteiger partial charge in [-0.25, -0.2) is 4.39 Å². The molecule has 25 heavy (non-hydrogen) atoms. The second kappa shape index (κ2) is 6.69. The van der Waals surface area contributed by atoms with Crippen molar-refractivity contribution in [2.45, 2.75) is 12.6 Å². The molecule has 1 N–H and O–H groups in total. The molecule has 1 aromatic heterocycles. The van der Waals surface area contributed by atoms with E-state index in [1.165, 1.54) is 6.07 Å². The van der Waals surface area contributed by atoms with Gasteiger partial charge >= 0.3 is 0 Å². The number of thiocarbonyl (C=S) groups is 1. The van der Waals surface area contributed by atoms with Crippen LogP contribution in [0.3, 0.4) is 0 Å². The molecule has 1 aliphatic rings. The molecule has 2 aromatic carbocycles. The van der Waals surface area contributed by atoms with Gasteiger partial charge in [-0.15, -0.1) is 0 Å². The number of hydrogen-bond donors (Lipinski definition) is 1. The SMILES string of the molecule is Fc1ccccc1[C@@H]1c2cccn2CCN1C(=S)Nc1ccccc1. The van der Waals surface area contributed by atoms with Gasteiger partial charge in [0.05, 0.1) is 6.04 Å². The number of fused-ring (bicyclic) bond motifs is 1. The van der Waals surface area contributed by atoms with E-state index in [0.29, 0.717) is 10.7 Å². The molecule has 4 rings (SSSR count). The van der Waals surface area contributed by atoms with Crippen LogP contribution in [-0.2, 0) is 6.54 Å². The Labute approximate surface area is 151 Å². The summed E-state index contributed by atoms with van der Waals surface area (Å²) in [4.78, 5) is 2.07. The Balaban J connectivity index is 1.71. The lowest BCUT2D eigenvalue weighted by molar-refractivity contribution is 0.288. The van der Waals surface area contributed by atoms with Gasteiger partial charge in [0.2, 0.25) is 0 Å². The van der Waals surface area contributed by atoms with E-state index in [1.54, 1.807) is 6.07 Å². The van der Waals surface area contributed by atoms with Gasteiger partial charge in [0.25, 0.3) is 0 Å². The van der Waals surface area contributed by atoms with Gasteiger partial charge in [0.1, 0.15) is 5.82 Å². The Kier molecular flexibility index (Phi) is 4.24. The average Bonchev–Trinajstić information content (AvgIpc) is 3.11. The Morgan fingerprint density at radius 1 is 0.960 bits per heavy atom. The van der Waals surface area contributed by atoms with Crippen molar-refractivity contribution in [1.29, 1.82) is 0 Å². The lowest BCUT2D eigenvalue weighted by Crippen LogP contribution is -2.44. The van der Waals surface area contributed by atoms with Crippen molar-refractivity contribution in [3.8, 4) is 0 Å². The number of anilines is 1. The first kappa shape index (κ1) is 15.8. The Morgan fingerprint density at radius 2 is 1.72 bits per heavy atom. The van der Waals surface area contributed by atoms with Crippen molar-refractivity contribution in [3.05, 3.63) is 90.0 Å². The third-order valence-corrected chi connectivity index (χ3v) is 4.86. The second-order valence-corrected chi connectivity index (χ2v) is 6.43. The van der Waals surface area contributed by atoms with Gasteiger partial charge in [0.15, 0.2) is 5.11 Å². The summed E-state index contributed by atoms with van der Waals surface area (Å²) in [6, 6.07) is 20.5. The molecule has 0 bridgehead atoms. The Hall–Kier alpha value is -2.66. The van der Waals surface area contributed by atoms with Crippen LogP contribution in [0.25, 0.3) is 0 Å². The molecular weight excluding hydrogens is 333 g/mol. The van der Waals surface area contributed by atoms with Crippen molar-refractivity contribution in [3.63, 3.8) is 0 Å². The minimum absolute atomic E-state index is 0.213. The van der Waals surface area contributed by atoms with E-state index in [9.17, 15) is 4.39 Å². The highest BCUT2D eigenvalue weighted by molar-refractivity contribution is 7.80. The van der Waals surface area contributed by atoms with Crippen molar-refractivity contribution in [2.24, 2.45) is 0 Å². The van der Waals surface area contributed by atoms with Crippen LogP contribution >= 0.6 is 12.2 Å². The average molecular weight is 351 g/mol. The second-order valence-electron chi connectivity index (χ2n) is 6.04. The lowest BCUT2D eigenvalue weighted by atomic mass is 10.00. The van der Waals surface area contributed by atoms with Gasteiger partial charge in [-0.1, -0.05) is 36.4 Å². The zero-order valence-corrected chi connectivity index (χ0v) is 14.4. The highest BCUT2D eigenvalue weighted by atomic mass is 32.1. The van der Waals surface area contributed by atoms with Crippen molar-refractivity contribution in [2.75, 3.05) is 11.9 Å². The standard InChI is InChI=1S/C20H18FN3S/c21-17-10-5-4-9-16(17)19-18-11-6-12-23(18)13-14-24(19)20(25)22-15-7-2-1-3-8-15/h1-12,19H,13-14H2,(H,22,25)/t19-/m1/s1. The van der Waals surface area contributed by atoms with Crippen molar-refractivity contribution < 1.29 is 4.39 Å². The normalized spacial score (nSPS) is 16.4. The number of nitrogens with one attached hydrogen (secondary N) is 1. The molecule has 3 aromatic rings. The van der Waals surface area contributed by atoms with Crippen LogP contribution in [0.15, 0.2) is 72.9 Å². The zero-order valence-electron chi connectivity index (χ0n) is 13.6. The third kappa shape index (κ3) is 3.03. The monoisotopic (exact) mass is 351 g/mol. The van der Waals surface area contributed by atoms with Crippen LogP contribution in [0.1, 0.15) is 17.3 Å². The molecule has 126 valence electrons. The van der Waals surface area contributed by atoms with Gasteiger partial charge < -0.3 is 14.8 Å². The summed E-state index contributed by atoms with van der Waals surface area (Å²) in [5.41, 5.74) is 2.62. The van der Waals surface area contributed by atoms with Crippen LogP contribution in [-0.4, -0.2) is 21.1 Å². The maximum atomic E-state index is 14.5. The zero-order chi connectivity index (χ0) is 17.2. The smallest absolute Gasteiger partial charge is 0.174 e. The minimum Gasteiger partial charge on any atom is -0.348 e. The van der Waals surface area contributed by atoms with Gasteiger partial charge in [-0.2, -0.15) is 0 Å². The first-order valence-electron chi connectivity index (χ1n) is 8.26. The van der Waals surface area contributed by atoms with E-state index in [0.717, 1.165) is 24.5 Å². The third-order valence-electron chi connectivity index (χ3n) is 4.52. The van der Waals surface area contributed by atoms with Crippen molar-refractivity contribution in [1.82, 2.24) is 9.47 Å². The summed E-state index contributed by atoms with van der Waals surface area (Å²) in [5, 5.41) is 3.88. The number of halogens is 1. The van der Waals surface area contributed by atoms with Gasteiger partial charge in [0, 0.05) is 36.2 Å². The number of hydrogen-bond acceptors (Lipinski definition) is 1. The van der Waals surface area contributed by atoms with E-state index >= 15 is 0 Å². The maximum absolute atomic E-state index is 14.5.